The molecule has 2 aromatic carbocycles. The second-order valence-electron chi connectivity index (χ2n) is 7.14. The molecule has 0 N–H and O–H groups in total. The van der Waals surface area contributed by atoms with E-state index in [4.69, 9.17) is 9.26 Å². The first-order valence-electron chi connectivity index (χ1n) is 9.90. The number of nitrogens with zero attached hydrogens (tertiary/aromatic N) is 3. The summed E-state index contributed by atoms with van der Waals surface area (Å²) in [5.41, 5.74) is 2.50. The molecule has 3 aromatic rings. The number of piperazine rings is 1. The number of hydrogen-bond donors (Lipinski definition) is 0. The summed E-state index contributed by atoms with van der Waals surface area (Å²) in [6.07, 6.45) is 0.932. The van der Waals surface area contributed by atoms with Crippen LogP contribution in [0.5, 0.6) is 5.75 Å². The molecule has 0 radical (unpaired) electrons. The van der Waals surface area contributed by atoms with Gasteiger partial charge in [0, 0.05) is 44.4 Å². The molecule has 0 bridgehead atoms. The minimum absolute atomic E-state index is 0.0692. The van der Waals surface area contributed by atoms with Gasteiger partial charge in [0.2, 0.25) is 0 Å². The maximum absolute atomic E-state index is 12.8. The number of hydrogen-bond acceptors (Lipinski definition) is 5. The number of methoxy groups -OCH3 is 1. The first kappa shape index (κ1) is 19.2. The van der Waals surface area contributed by atoms with Gasteiger partial charge in [0.15, 0.2) is 11.5 Å². The van der Waals surface area contributed by atoms with Crippen LogP contribution in [0.4, 0.5) is 0 Å². The van der Waals surface area contributed by atoms with Crippen molar-refractivity contribution >= 4 is 5.91 Å². The van der Waals surface area contributed by atoms with Crippen LogP contribution in [0, 0.1) is 0 Å². The van der Waals surface area contributed by atoms with Gasteiger partial charge in [-0.25, -0.2) is 0 Å². The zero-order chi connectivity index (χ0) is 20.1. The van der Waals surface area contributed by atoms with Crippen molar-refractivity contribution in [2.45, 2.75) is 6.42 Å². The summed E-state index contributed by atoms with van der Waals surface area (Å²) in [4.78, 5) is 17.0. The van der Waals surface area contributed by atoms with Gasteiger partial charge in [0.05, 0.1) is 7.11 Å². The summed E-state index contributed by atoms with van der Waals surface area (Å²) in [6.45, 7) is 4.04. The fraction of sp³-hybridized carbons (Fsp3) is 0.304. The van der Waals surface area contributed by atoms with Gasteiger partial charge in [-0.1, -0.05) is 53.7 Å². The predicted molar refractivity (Wildman–Crippen MR) is 111 cm³/mol. The average Bonchev–Trinajstić information content (AvgIpc) is 3.29. The van der Waals surface area contributed by atoms with Gasteiger partial charge >= 0.3 is 0 Å². The summed E-state index contributed by atoms with van der Waals surface area (Å²) in [5, 5.41) is 3.99. The Bertz CT molecular complexity index is 947. The van der Waals surface area contributed by atoms with Crippen LogP contribution >= 0.6 is 0 Å². The quantitative estimate of drug-likeness (QED) is 0.645. The van der Waals surface area contributed by atoms with E-state index in [9.17, 15) is 4.79 Å². The monoisotopic (exact) mass is 391 g/mol. The van der Waals surface area contributed by atoms with E-state index in [1.165, 1.54) is 5.56 Å². The van der Waals surface area contributed by atoms with Gasteiger partial charge in [-0.3, -0.25) is 9.69 Å². The van der Waals surface area contributed by atoms with Gasteiger partial charge in [0.1, 0.15) is 5.75 Å². The average molecular weight is 391 g/mol. The van der Waals surface area contributed by atoms with Crippen LogP contribution in [-0.4, -0.2) is 60.7 Å². The van der Waals surface area contributed by atoms with Crippen LogP contribution in [0.1, 0.15) is 16.1 Å². The highest BCUT2D eigenvalue weighted by atomic mass is 16.5. The van der Waals surface area contributed by atoms with Crippen LogP contribution in [0.25, 0.3) is 11.3 Å². The Kier molecular flexibility index (Phi) is 5.91. The lowest BCUT2D eigenvalue weighted by Gasteiger charge is -2.34. The standard InChI is InChI=1S/C23H25N3O3/c1-28-21-10-6-5-9-19(21)11-12-25-13-15-26(16-14-25)23(27)20-17-22(29-24-20)18-7-3-2-4-8-18/h2-10,17H,11-16H2,1H3. The number of carbonyl (C=O) groups is 1. The number of carbonyl (C=O) groups excluding carboxylic acids is 1. The molecule has 1 saturated heterocycles. The van der Waals surface area contributed by atoms with Crippen molar-refractivity contribution in [2.24, 2.45) is 0 Å². The van der Waals surface area contributed by atoms with Crippen molar-refractivity contribution in [3.8, 4) is 17.1 Å². The summed E-state index contributed by atoms with van der Waals surface area (Å²) in [6, 6.07) is 19.5. The van der Waals surface area contributed by atoms with Crippen LogP contribution in [0.15, 0.2) is 65.2 Å². The van der Waals surface area contributed by atoms with E-state index in [0.29, 0.717) is 24.5 Å². The maximum atomic E-state index is 12.8. The summed E-state index contributed by atoms with van der Waals surface area (Å²) in [7, 11) is 1.70. The molecule has 29 heavy (non-hydrogen) atoms. The fourth-order valence-electron chi connectivity index (χ4n) is 3.64. The third kappa shape index (κ3) is 4.49. The highest BCUT2D eigenvalue weighted by molar-refractivity contribution is 5.93. The van der Waals surface area contributed by atoms with E-state index >= 15 is 0 Å². The van der Waals surface area contributed by atoms with Crippen molar-refractivity contribution in [1.82, 2.24) is 15.0 Å². The molecular formula is C23H25N3O3. The van der Waals surface area contributed by atoms with Crippen molar-refractivity contribution in [3.05, 3.63) is 71.9 Å². The van der Waals surface area contributed by atoms with Gasteiger partial charge in [0.25, 0.3) is 5.91 Å². The zero-order valence-corrected chi connectivity index (χ0v) is 16.6. The second kappa shape index (κ2) is 8.92. The molecule has 1 aromatic heterocycles. The van der Waals surface area contributed by atoms with Crippen LogP contribution < -0.4 is 4.74 Å². The van der Waals surface area contributed by atoms with Gasteiger partial charge in [-0.15, -0.1) is 0 Å². The molecule has 0 spiro atoms. The van der Waals surface area contributed by atoms with Crippen LogP contribution in [0.2, 0.25) is 0 Å². The smallest absolute Gasteiger partial charge is 0.276 e. The van der Waals surface area contributed by atoms with E-state index in [0.717, 1.165) is 37.4 Å². The number of amides is 1. The number of para-hydroxylation sites is 1. The van der Waals surface area contributed by atoms with Gasteiger partial charge in [-0.2, -0.15) is 0 Å². The van der Waals surface area contributed by atoms with E-state index < -0.39 is 0 Å². The van der Waals surface area contributed by atoms with E-state index in [-0.39, 0.29) is 5.91 Å². The molecule has 1 fully saturated rings. The lowest BCUT2D eigenvalue weighted by atomic mass is 10.1. The Hall–Kier alpha value is -3.12. The van der Waals surface area contributed by atoms with Crippen molar-refractivity contribution in [1.29, 1.82) is 0 Å². The lowest BCUT2D eigenvalue weighted by molar-refractivity contribution is 0.0628. The molecule has 150 valence electrons. The molecule has 0 aliphatic carbocycles. The topological polar surface area (TPSA) is 58.8 Å². The van der Waals surface area contributed by atoms with E-state index in [1.54, 1.807) is 13.2 Å². The molecule has 0 saturated carbocycles. The lowest BCUT2D eigenvalue weighted by Crippen LogP contribution is -2.49. The molecule has 4 rings (SSSR count). The fourth-order valence-corrected chi connectivity index (χ4v) is 3.64. The van der Waals surface area contributed by atoms with Crippen LogP contribution in [-0.2, 0) is 6.42 Å². The van der Waals surface area contributed by atoms with E-state index in [2.05, 4.69) is 16.1 Å². The third-order valence-corrected chi connectivity index (χ3v) is 5.34. The SMILES string of the molecule is COc1ccccc1CCN1CCN(C(=O)c2cc(-c3ccccc3)on2)CC1. The Morgan fingerprint density at radius 2 is 1.76 bits per heavy atom. The first-order chi connectivity index (χ1) is 14.2. The molecule has 1 amide bonds. The predicted octanol–water partition coefficient (Wildman–Crippen LogP) is 3.35. The highest BCUT2D eigenvalue weighted by Gasteiger charge is 2.24. The maximum Gasteiger partial charge on any atom is 0.276 e. The second-order valence-corrected chi connectivity index (χ2v) is 7.14. The molecule has 6 heteroatoms. The Morgan fingerprint density at radius 3 is 2.52 bits per heavy atom. The normalized spacial score (nSPS) is 14.7. The molecule has 6 nitrogen and oxygen atoms in total. The van der Waals surface area contributed by atoms with Gasteiger partial charge < -0.3 is 14.2 Å². The largest absolute Gasteiger partial charge is 0.496 e. The number of rotatable bonds is 6. The van der Waals surface area contributed by atoms with Crippen LogP contribution in [0.3, 0.4) is 0 Å². The highest BCUT2D eigenvalue weighted by Crippen LogP contribution is 2.21. The Labute approximate surface area is 170 Å². The minimum atomic E-state index is -0.0692. The number of ether oxygens (including phenoxy) is 1. The summed E-state index contributed by atoms with van der Waals surface area (Å²) >= 11 is 0. The third-order valence-electron chi connectivity index (χ3n) is 5.34. The summed E-state index contributed by atoms with van der Waals surface area (Å²) in [5.74, 6) is 1.48. The van der Waals surface area contributed by atoms with E-state index in [1.807, 2.05) is 53.4 Å². The Morgan fingerprint density at radius 1 is 1.03 bits per heavy atom. The van der Waals surface area contributed by atoms with Crippen molar-refractivity contribution in [3.63, 3.8) is 0 Å². The molecule has 1 aliphatic rings. The Balaban J connectivity index is 1.30. The number of benzene rings is 2. The number of aromatic nitrogens is 1. The minimum Gasteiger partial charge on any atom is -0.496 e. The molecule has 0 atom stereocenters. The molecule has 2 heterocycles. The first-order valence-corrected chi connectivity index (χ1v) is 9.90. The zero-order valence-electron chi connectivity index (χ0n) is 16.6. The molecular weight excluding hydrogens is 366 g/mol. The summed E-state index contributed by atoms with van der Waals surface area (Å²) < 4.78 is 10.8. The van der Waals surface area contributed by atoms with Gasteiger partial charge in [-0.05, 0) is 18.1 Å². The van der Waals surface area contributed by atoms with Crippen molar-refractivity contribution in [2.75, 3.05) is 39.8 Å². The molecule has 1 aliphatic heterocycles. The van der Waals surface area contributed by atoms with Crippen molar-refractivity contribution < 1.29 is 14.1 Å². The molecule has 0 unspecified atom stereocenters.